The van der Waals surface area contributed by atoms with Gasteiger partial charge in [-0.1, -0.05) is 30.3 Å². The third kappa shape index (κ3) is 5.96. The topological polar surface area (TPSA) is 83.0 Å². The summed E-state index contributed by atoms with van der Waals surface area (Å²) >= 11 is 0. The summed E-state index contributed by atoms with van der Waals surface area (Å²) in [5, 5.41) is 6.56. The number of rotatable bonds is 9. The minimum absolute atomic E-state index is 0.279. The summed E-state index contributed by atoms with van der Waals surface area (Å²) < 4.78 is 31.5. The van der Waals surface area contributed by atoms with Crippen molar-refractivity contribution in [1.29, 1.82) is 0 Å². The van der Waals surface area contributed by atoms with E-state index in [1.807, 2.05) is 24.3 Å². The zero-order valence-electron chi connectivity index (χ0n) is 17.8. The molecule has 1 saturated carbocycles. The first kappa shape index (κ1) is 22.1. The molecule has 0 saturated heterocycles. The second-order valence-corrected chi connectivity index (χ2v) is 9.72. The molecule has 0 unspecified atom stereocenters. The Morgan fingerprint density at radius 3 is 2.37 bits per heavy atom. The van der Waals surface area contributed by atoms with Gasteiger partial charge in [0, 0.05) is 39.8 Å². The van der Waals surface area contributed by atoms with Gasteiger partial charge in [-0.05, 0) is 42.5 Å². The Kier molecular flexibility index (Phi) is 7.33. The molecule has 0 amide bonds. The minimum Gasteiger partial charge on any atom is -0.493 e. The average molecular weight is 431 g/mol. The van der Waals surface area contributed by atoms with E-state index in [2.05, 4.69) is 15.6 Å². The molecule has 162 valence electrons. The number of benzene rings is 2. The average Bonchev–Trinajstić information content (AvgIpc) is 3.58. The highest BCUT2D eigenvalue weighted by atomic mass is 32.2. The van der Waals surface area contributed by atoms with E-state index < -0.39 is 10.0 Å². The molecule has 30 heavy (non-hydrogen) atoms. The maximum absolute atomic E-state index is 12.2. The molecule has 1 fully saturated rings. The fourth-order valence-corrected chi connectivity index (χ4v) is 3.76. The van der Waals surface area contributed by atoms with Crippen LogP contribution in [0.5, 0.6) is 5.75 Å². The van der Waals surface area contributed by atoms with Crippen LogP contribution in [-0.4, -0.2) is 46.4 Å². The summed E-state index contributed by atoms with van der Waals surface area (Å²) in [6.07, 6.45) is 2.53. The van der Waals surface area contributed by atoms with Crippen LogP contribution in [0, 0.1) is 5.92 Å². The van der Waals surface area contributed by atoms with E-state index in [0.29, 0.717) is 25.0 Å². The third-order valence-corrected chi connectivity index (χ3v) is 6.81. The van der Waals surface area contributed by atoms with E-state index in [1.165, 1.54) is 31.2 Å². The fourth-order valence-electron chi connectivity index (χ4n) is 2.86. The monoisotopic (exact) mass is 430 g/mol. The van der Waals surface area contributed by atoms with Crippen molar-refractivity contribution in [3.05, 3.63) is 59.7 Å². The molecule has 0 spiro atoms. The normalized spacial score (nSPS) is 14.6. The van der Waals surface area contributed by atoms with Crippen molar-refractivity contribution in [2.75, 3.05) is 27.7 Å². The van der Waals surface area contributed by atoms with Crippen molar-refractivity contribution in [3.8, 4) is 5.75 Å². The van der Waals surface area contributed by atoms with Gasteiger partial charge in [-0.25, -0.2) is 12.7 Å². The molecule has 2 aromatic carbocycles. The smallest absolute Gasteiger partial charge is 0.242 e. The third-order valence-electron chi connectivity index (χ3n) is 4.98. The van der Waals surface area contributed by atoms with Crippen LogP contribution in [0.4, 0.5) is 0 Å². The van der Waals surface area contributed by atoms with Gasteiger partial charge in [0.15, 0.2) is 5.96 Å². The van der Waals surface area contributed by atoms with Gasteiger partial charge in [0.25, 0.3) is 0 Å². The Morgan fingerprint density at radius 1 is 1.07 bits per heavy atom. The maximum Gasteiger partial charge on any atom is 0.242 e. The highest BCUT2D eigenvalue weighted by molar-refractivity contribution is 7.89. The molecule has 0 radical (unpaired) electrons. The lowest BCUT2D eigenvalue weighted by atomic mass is 10.2. The second kappa shape index (κ2) is 9.95. The first-order chi connectivity index (χ1) is 14.4. The number of guanidine groups is 1. The number of ether oxygens (including phenoxy) is 1. The van der Waals surface area contributed by atoms with Crippen LogP contribution in [0.1, 0.15) is 24.0 Å². The second-order valence-electron chi connectivity index (χ2n) is 7.57. The largest absolute Gasteiger partial charge is 0.493 e. The number of sulfonamides is 1. The minimum atomic E-state index is -3.41. The van der Waals surface area contributed by atoms with Crippen LogP contribution >= 0.6 is 0 Å². The van der Waals surface area contributed by atoms with E-state index in [-0.39, 0.29) is 4.90 Å². The Morgan fingerprint density at radius 2 is 1.73 bits per heavy atom. The van der Waals surface area contributed by atoms with Crippen molar-refractivity contribution in [2.24, 2.45) is 10.9 Å². The van der Waals surface area contributed by atoms with Gasteiger partial charge in [-0.3, -0.25) is 4.99 Å². The van der Waals surface area contributed by atoms with Gasteiger partial charge < -0.3 is 15.4 Å². The van der Waals surface area contributed by atoms with Crippen molar-refractivity contribution in [2.45, 2.75) is 30.8 Å². The molecule has 3 rings (SSSR count). The van der Waals surface area contributed by atoms with Gasteiger partial charge >= 0.3 is 0 Å². The molecule has 0 bridgehead atoms. The van der Waals surface area contributed by atoms with E-state index >= 15 is 0 Å². The Hall–Kier alpha value is -2.58. The predicted octanol–water partition coefficient (Wildman–Crippen LogP) is 2.59. The summed E-state index contributed by atoms with van der Waals surface area (Å²) in [4.78, 5) is 4.54. The molecule has 2 N–H and O–H groups in total. The highest BCUT2D eigenvalue weighted by Gasteiger charge is 2.22. The van der Waals surface area contributed by atoms with Crippen LogP contribution in [0.15, 0.2) is 58.4 Å². The number of nitrogens with one attached hydrogen (secondary N) is 2. The zero-order valence-corrected chi connectivity index (χ0v) is 18.6. The SMILES string of the molecule is CN=C(NCc1ccc(S(=O)(=O)N(C)C)cc1)NCc1ccccc1OCC1CC1. The van der Waals surface area contributed by atoms with Crippen molar-refractivity contribution in [3.63, 3.8) is 0 Å². The van der Waals surface area contributed by atoms with Crippen LogP contribution in [0.25, 0.3) is 0 Å². The fraction of sp³-hybridized carbons (Fsp3) is 0.409. The molecular formula is C22H30N4O3S. The van der Waals surface area contributed by atoms with Crippen LogP contribution in [0.3, 0.4) is 0 Å². The number of aliphatic imine (C=N–C) groups is 1. The van der Waals surface area contributed by atoms with E-state index in [4.69, 9.17) is 4.74 Å². The first-order valence-electron chi connectivity index (χ1n) is 10.1. The van der Waals surface area contributed by atoms with Crippen LogP contribution in [0.2, 0.25) is 0 Å². The molecule has 0 heterocycles. The van der Waals surface area contributed by atoms with E-state index in [0.717, 1.165) is 23.5 Å². The summed E-state index contributed by atoms with van der Waals surface area (Å²) in [7, 11) is 1.35. The first-order valence-corrected chi connectivity index (χ1v) is 11.5. The summed E-state index contributed by atoms with van der Waals surface area (Å²) in [6, 6.07) is 14.9. The standard InChI is InChI=1S/C22H30N4O3S/c1-23-22(24-14-17-10-12-20(13-11-17)30(27,28)26(2)3)25-15-19-6-4-5-7-21(19)29-16-18-8-9-18/h4-7,10-13,18H,8-9,14-16H2,1-3H3,(H2,23,24,25). The molecule has 1 aliphatic rings. The maximum atomic E-state index is 12.2. The molecule has 0 aliphatic heterocycles. The van der Waals surface area contributed by atoms with Gasteiger partial charge in [-0.15, -0.1) is 0 Å². The Labute approximate surface area is 179 Å². The van der Waals surface area contributed by atoms with Gasteiger partial charge in [0.05, 0.1) is 11.5 Å². The van der Waals surface area contributed by atoms with Crippen molar-refractivity contribution < 1.29 is 13.2 Å². The molecule has 1 aliphatic carbocycles. The quantitative estimate of drug-likeness (QED) is 0.472. The summed E-state index contributed by atoms with van der Waals surface area (Å²) in [5.41, 5.74) is 2.04. The number of para-hydroxylation sites is 1. The lowest BCUT2D eigenvalue weighted by Gasteiger charge is -2.15. The van der Waals surface area contributed by atoms with Crippen LogP contribution < -0.4 is 15.4 Å². The lowest BCUT2D eigenvalue weighted by molar-refractivity contribution is 0.296. The lowest BCUT2D eigenvalue weighted by Crippen LogP contribution is -2.36. The predicted molar refractivity (Wildman–Crippen MR) is 119 cm³/mol. The van der Waals surface area contributed by atoms with Crippen molar-refractivity contribution in [1.82, 2.24) is 14.9 Å². The summed E-state index contributed by atoms with van der Waals surface area (Å²) in [6.45, 7) is 1.91. The Bertz CT molecular complexity index is 968. The summed E-state index contributed by atoms with van der Waals surface area (Å²) in [5.74, 6) is 2.28. The zero-order chi connectivity index (χ0) is 21.6. The molecule has 0 aromatic heterocycles. The molecule has 2 aromatic rings. The van der Waals surface area contributed by atoms with Gasteiger partial charge in [0.1, 0.15) is 5.75 Å². The highest BCUT2D eigenvalue weighted by Crippen LogP contribution is 2.30. The molecule has 0 atom stereocenters. The van der Waals surface area contributed by atoms with Crippen molar-refractivity contribution >= 4 is 16.0 Å². The van der Waals surface area contributed by atoms with E-state index in [1.54, 1.807) is 31.3 Å². The Balaban J connectivity index is 1.53. The number of nitrogens with zero attached hydrogens (tertiary/aromatic N) is 2. The van der Waals surface area contributed by atoms with E-state index in [9.17, 15) is 8.42 Å². The number of hydrogen-bond acceptors (Lipinski definition) is 4. The van der Waals surface area contributed by atoms with Gasteiger partial charge in [-0.2, -0.15) is 0 Å². The number of hydrogen-bond donors (Lipinski definition) is 2. The molecule has 8 heteroatoms. The molecule has 7 nitrogen and oxygen atoms in total. The molecular weight excluding hydrogens is 400 g/mol. The van der Waals surface area contributed by atoms with Gasteiger partial charge in [0.2, 0.25) is 10.0 Å². The van der Waals surface area contributed by atoms with Crippen LogP contribution in [-0.2, 0) is 23.1 Å².